The van der Waals surface area contributed by atoms with Crippen LogP contribution in [0.2, 0.25) is 0 Å². The van der Waals surface area contributed by atoms with Crippen molar-refractivity contribution in [3.63, 3.8) is 0 Å². The number of anilines is 2. The summed E-state index contributed by atoms with van der Waals surface area (Å²) < 4.78 is 1.63. The fourth-order valence-corrected chi connectivity index (χ4v) is 5.16. The first-order valence-corrected chi connectivity index (χ1v) is 12.0. The average Bonchev–Trinajstić information content (AvgIpc) is 3.13. The summed E-state index contributed by atoms with van der Waals surface area (Å²) in [7, 11) is 1.76. The molecule has 4 atom stereocenters. The number of amides is 2. The zero-order chi connectivity index (χ0) is 26.2. The molecule has 0 saturated heterocycles. The van der Waals surface area contributed by atoms with E-state index in [4.69, 9.17) is 0 Å². The van der Waals surface area contributed by atoms with Crippen LogP contribution in [0.4, 0.5) is 11.4 Å². The van der Waals surface area contributed by atoms with Gasteiger partial charge >= 0.3 is 0 Å². The topological polar surface area (TPSA) is 113 Å². The molecule has 8 nitrogen and oxygen atoms in total. The van der Waals surface area contributed by atoms with E-state index in [2.05, 4.69) is 15.7 Å². The highest BCUT2D eigenvalue weighted by atomic mass is 16.3. The second kappa shape index (κ2) is 9.70. The lowest BCUT2D eigenvalue weighted by molar-refractivity contribution is -0.150. The number of carbonyl (C=O) groups excluding carboxylic acids is 3. The van der Waals surface area contributed by atoms with Crippen LogP contribution in [-0.4, -0.2) is 38.1 Å². The third-order valence-corrected chi connectivity index (χ3v) is 7.27. The summed E-state index contributed by atoms with van der Waals surface area (Å²) in [5, 5.41) is 21.6. The smallest absolute Gasteiger partial charge is 0.235 e. The van der Waals surface area contributed by atoms with E-state index < -0.39 is 41.0 Å². The van der Waals surface area contributed by atoms with Gasteiger partial charge in [0.15, 0.2) is 0 Å². The first-order valence-electron chi connectivity index (χ1n) is 12.0. The maximum absolute atomic E-state index is 13.8. The van der Waals surface area contributed by atoms with Crippen LogP contribution in [0.3, 0.4) is 0 Å². The van der Waals surface area contributed by atoms with E-state index in [1.165, 1.54) is 6.92 Å². The normalized spacial score (nSPS) is 23.8. The summed E-state index contributed by atoms with van der Waals surface area (Å²) in [5.41, 5.74) is 2.54. The molecule has 188 valence electrons. The molecule has 8 heteroatoms. The highest BCUT2D eigenvalue weighted by molar-refractivity contribution is 6.10. The Bertz CT molecular complexity index is 1330. The van der Waals surface area contributed by atoms with Gasteiger partial charge in [-0.3, -0.25) is 19.1 Å². The number of para-hydroxylation sites is 2. The van der Waals surface area contributed by atoms with Crippen LogP contribution in [0.5, 0.6) is 0 Å². The molecule has 1 heterocycles. The molecule has 0 aliphatic heterocycles. The number of rotatable bonds is 5. The van der Waals surface area contributed by atoms with Crippen LogP contribution < -0.4 is 10.6 Å². The van der Waals surface area contributed by atoms with Crippen molar-refractivity contribution in [1.82, 2.24) is 9.78 Å². The number of hydrogen-bond acceptors (Lipinski definition) is 5. The molecule has 2 amide bonds. The summed E-state index contributed by atoms with van der Waals surface area (Å²) in [6.45, 7) is 7.05. The molecule has 1 aliphatic carbocycles. The molecule has 3 aromatic rings. The lowest BCUT2D eigenvalue weighted by Gasteiger charge is -2.44. The second-order valence-corrected chi connectivity index (χ2v) is 9.90. The third kappa shape index (κ3) is 4.68. The number of aromatic nitrogens is 2. The molecule has 2 aromatic carbocycles. The van der Waals surface area contributed by atoms with E-state index in [1.54, 1.807) is 36.1 Å². The fraction of sp³-hybridized carbons (Fsp3) is 0.357. The summed E-state index contributed by atoms with van der Waals surface area (Å²) in [6.07, 6.45) is 1.26. The number of hydrogen-bond donors (Lipinski definition) is 3. The maximum Gasteiger partial charge on any atom is 0.235 e. The number of aryl methyl sites for hydroxylation is 3. The van der Waals surface area contributed by atoms with Crippen molar-refractivity contribution in [3.8, 4) is 0 Å². The van der Waals surface area contributed by atoms with Gasteiger partial charge in [-0.15, -0.1) is 0 Å². The monoisotopic (exact) mass is 488 g/mol. The molecule has 0 unspecified atom stereocenters. The Hall–Kier alpha value is -3.78. The predicted molar refractivity (Wildman–Crippen MR) is 138 cm³/mol. The lowest BCUT2D eigenvalue weighted by atomic mass is 9.61. The molecular weight excluding hydrogens is 456 g/mol. The van der Waals surface area contributed by atoms with Crippen LogP contribution in [0.25, 0.3) is 0 Å². The standard InChI is InChI=1S/C28H32N4O4/c1-16-10-6-8-12-20(16)30-26(34)24-22(33)14-28(4,36)25(23(24)19-15-29-32(5)18(19)3)27(35)31-21-13-9-7-11-17(21)2/h6-13,15,23-25,36H,14H2,1-5H3,(H,30,34)(H,31,35)/t23-,24-,25-,28+/m1/s1. The van der Waals surface area contributed by atoms with Crippen molar-refractivity contribution in [2.45, 2.75) is 45.6 Å². The molecule has 1 aromatic heterocycles. The number of nitrogens with one attached hydrogen (secondary N) is 2. The SMILES string of the molecule is Cc1ccccc1NC(=O)[C@@H]1C(=O)C[C@](C)(O)[C@@H](C(=O)Nc2ccccc2C)[C@@H]1c1cnn(C)c1C. The summed E-state index contributed by atoms with van der Waals surface area (Å²) >= 11 is 0. The van der Waals surface area contributed by atoms with Crippen molar-refractivity contribution in [1.29, 1.82) is 0 Å². The summed E-state index contributed by atoms with van der Waals surface area (Å²) in [6, 6.07) is 14.6. The van der Waals surface area contributed by atoms with Gasteiger partial charge in [-0.05, 0) is 56.5 Å². The second-order valence-electron chi connectivity index (χ2n) is 9.90. The van der Waals surface area contributed by atoms with Crippen molar-refractivity contribution in [2.75, 3.05) is 10.6 Å². The van der Waals surface area contributed by atoms with Gasteiger partial charge in [0.25, 0.3) is 0 Å². The number of ketones is 1. The molecular formula is C28H32N4O4. The van der Waals surface area contributed by atoms with E-state index in [1.807, 2.05) is 51.1 Å². The van der Waals surface area contributed by atoms with Gasteiger partial charge in [-0.25, -0.2) is 0 Å². The van der Waals surface area contributed by atoms with Crippen LogP contribution >= 0.6 is 0 Å². The maximum atomic E-state index is 13.8. The van der Waals surface area contributed by atoms with Crippen molar-refractivity contribution >= 4 is 29.0 Å². The molecule has 36 heavy (non-hydrogen) atoms. The Kier molecular flexibility index (Phi) is 6.82. The molecule has 1 fully saturated rings. The minimum absolute atomic E-state index is 0.319. The van der Waals surface area contributed by atoms with Crippen LogP contribution in [0.1, 0.15) is 41.6 Å². The van der Waals surface area contributed by atoms with Gasteiger partial charge in [0.1, 0.15) is 11.7 Å². The fourth-order valence-electron chi connectivity index (χ4n) is 5.16. The first-order chi connectivity index (χ1) is 17.0. The van der Waals surface area contributed by atoms with Crippen molar-refractivity contribution < 1.29 is 19.5 Å². The number of nitrogens with zero attached hydrogens (tertiary/aromatic N) is 2. The van der Waals surface area contributed by atoms with E-state index in [9.17, 15) is 19.5 Å². The van der Waals surface area contributed by atoms with Gasteiger partial charge in [-0.2, -0.15) is 5.10 Å². The molecule has 0 radical (unpaired) electrons. The molecule has 0 spiro atoms. The van der Waals surface area contributed by atoms with Crippen LogP contribution in [-0.2, 0) is 21.4 Å². The highest BCUT2D eigenvalue weighted by Gasteiger charge is 2.56. The molecule has 0 bridgehead atoms. The number of carbonyl (C=O) groups is 3. The molecule has 1 aliphatic rings. The van der Waals surface area contributed by atoms with E-state index in [0.29, 0.717) is 22.6 Å². The van der Waals surface area contributed by atoms with Gasteiger partial charge in [-0.1, -0.05) is 36.4 Å². The van der Waals surface area contributed by atoms with E-state index >= 15 is 0 Å². The zero-order valence-corrected chi connectivity index (χ0v) is 21.2. The highest BCUT2D eigenvalue weighted by Crippen LogP contribution is 2.47. The largest absolute Gasteiger partial charge is 0.389 e. The predicted octanol–water partition coefficient (Wildman–Crippen LogP) is 3.66. The lowest BCUT2D eigenvalue weighted by Crippen LogP contribution is -2.56. The zero-order valence-electron chi connectivity index (χ0n) is 21.2. The van der Waals surface area contributed by atoms with Crippen molar-refractivity contribution in [2.24, 2.45) is 18.9 Å². The van der Waals surface area contributed by atoms with Crippen molar-refractivity contribution in [3.05, 3.63) is 77.1 Å². The Balaban J connectivity index is 1.80. The minimum Gasteiger partial charge on any atom is -0.389 e. The number of Topliss-reactive ketones (excluding diaryl/α,β-unsaturated/α-hetero) is 1. The van der Waals surface area contributed by atoms with Gasteiger partial charge < -0.3 is 15.7 Å². The molecule has 3 N–H and O–H groups in total. The first kappa shape index (κ1) is 25.3. The van der Waals surface area contributed by atoms with E-state index in [-0.39, 0.29) is 6.42 Å². The quantitative estimate of drug-likeness (QED) is 0.475. The minimum atomic E-state index is -1.67. The Morgan fingerprint density at radius 3 is 2.00 bits per heavy atom. The summed E-state index contributed by atoms with van der Waals surface area (Å²) in [4.78, 5) is 40.9. The Morgan fingerprint density at radius 2 is 1.50 bits per heavy atom. The van der Waals surface area contributed by atoms with E-state index in [0.717, 1.165) is 11.1 Å². The number of aliphatic hydroxyl groups is 1. The van der Waals surface area contributed by atoms with Crippen LogP contribution in [0, 0.1) is 32.6 Å². The van der Waals surface area contributed by atoms with Gasteiger partial charge in [0.2, 0.25) is 11.8 Å². The number of benzene rings is 2. The molecule has 4 rings (SSSR count). The summed E-state index contributed by atoms with van der Waals surface area (Å²) in [5.74, 6) is -4.55. The van der Waals surface area contributed by atoms with Crippen LogP contribution in [0.15, 0.2) is 54.7 Å². The van der Waals surface area contributed by atoms with Gasteiger partial charge in [0.05, 0.1) is 17.7 Å². The molecule has 1 saturated carbocycles. The van der Waals surface area contributed by atoms with Gasteiger partial charge in [0, 0.05) is 36.5 Å². The Morgan fingerprint density at radius 1 is 0.972 bits per heavy atom. The third-order valence-electron chi connectivity index (χ3n) is 7.27. The Labute approximate surface area is 210 Å². The average molecular weight is 489 g/mol.